The fraction of sp³-hybridized carbons (Fsp3) is 0.130. The van der Waals surface area contributed by atoms with E-state index in [1.807, 2.05) is 58.8 Å². The largest absolute Gasteiger partial charge is 0.460 e. The highest BCUT2D eigenvalue weighted by Gasteiger charge is 2.21. The molecule has 0 saturated heterocycles. The van der Waals surface area contributed by atoms with Gasteiger partial charge < -0.3 is 9.64 Å². The van der Waals surface area contributed by atoms with Crippen LogP contribution >= 0.6 is 22.9 Å². The molecule has 6 heteroatoms. The first-order chi connectivity index (χ1) is 14.0. The number of thiophene rings is 1. The van der Waals surface area contributed by atoms with Crippen LogP contribution < -0.4 is 4.90 Å². The van der Waals surface area contributed by atoms with Crippen molar-refractivity contribution >= 4 is 39.6 Å². The summed E-state index contributed by atoms with van der Waals surface area (Å²) in [6.07, 6.45) is 0. The molecule has 1 heterocycles. The van der Waals surface area contributed by atoms with Gasteiger partial charge in [-0.3, -0.25) is 0 Å². The van der Waals surface area contributed by atoms with Gasteiger partial charge in [0, 0.05) is 32.8 Å². The first-order valence-corrected chi connectivity index (χ1v) is 10.2. The third-order valence-corrected chi connectivity index (χ3v) is 5.59. The van der Waals surface area contributed by atoms with Crippen LogP contribution in [-0.2, 0) is 9.53 Å². The van der Waals surface area contributed by atoms with Crippen molar-refractivity contribution in [3.05, 3.63) is 82.7 Å². The fourth-order valence-corrected chi connectivity index (χ4v) is 4.15. The molecule has 0 bridgehead atoms. The molecule has 0 saturated carbocycles. The first-order valence-electron chi connectivity index (χ1n) is 8.94. The summed E-state index contributed by atoms with van der Waals surface area (Å²) in [5.74, 6) is -0.429. The zero-order chi connectivity index (χ0) is 20.8. The zero-order valence-electron chi connectivity index (χ0n) is 15.9. The summed E-state index contributed by atoms with van der Waals surface area (Å²) in [6.45, 7) is 5.79. The monoisotopic (exact) mass is 422 g/mol. The average molecular weight is 423 g/mol. The smallest absolute Gasteiger partial charge is 0.333 e. The standard InChI is InChI=1S/C23H19ClN2O2S/c1-16(2)23(27)28-13-12-26(17-8-4-3-5-9-17)22-19(14-25)20(15-29-22)18-10-6-7-11-21(18)24/h3-11,15H,1,12-13H2,2H3. The van der Waals surface area contributed by atoms with Crippen molar-refractivity contribution < 1.29 is 9.53 Å². The molecule has 1 aromatic heterocycles. The van der Waals surface area contributed by atoms with Gasteiger partial charge >= 0.3 is 5.97 Å². The molecule has 0 N–H and O–H groups in total. The summed E-state index contributed by atoms with van der Waals surface area (Å²) in [6, 6.07) is 19.5. The number of hydrogen-bond acceptors (Lipinski definition) is 5. The van der Waals surface area contributed by atoms with E-state index in [4.69, 9.17) is 16.3 Å². The van der Waals surface area contributed by atoms with E-state index in [9.17, 15) is 10.1 Å². The Hall–Kier alpha value is -3.07. The highest BCUT2D eigenvalue weighted by atomic mass is 35.5. The van der Waals surface area contributed by atoms with Crippen molar-refractivity contribution in [2.24, 2.45) is 0 Å². The van der Waals surface area contributed by atoms with E-state index >= 15 is 0 Å². The van der Waals surface area contributed by atoms with Crippen LogP contribution in [0.1, 0.15) is 12.5 Å². The van der Waals surface area contributed by atoms with Crippen LogP contribution in [0.3, 0.4) is 0 Å². The molecule has 2 aromatic carbocycles. The maximum Gasteiger partial charge on any atom is 0.333 e. The number of ether oxygens (including phenoxy) is 1. The number of carbonyl (C=O) groups is 1. The van der Waals surface area contributed by atoms with Crippen LogP contribution in [0.5, 0.6) is 0 Å². The van der Waals surface area contributed by atoms with Crippen LogP contribution in [0.25, 0.3) is 11.1 Å². The molecule has 0 radical (unpaired) electrons. The number of esters is 1. The van der Waals surface area contributed by atoms with Gasteiger partial charge in [-0.1, -0.05) is 54.6 Å². The molecule has 0 aliphatic rings. The number of anilines is 2. The van der Waals surface area contributed by atoms with E-state index in [-0.39, 0.29) is 6.61 Å². The minimum absolute atomic E-state index is 0.171. The molecular weight excluding hydrogens is 404 g/mol. The number of rotatable bonds is 7. The maximum atomic E-state index is 11.7. The second-order valence-electron chi connectivity index (χ2n) is 6.32. The molecule has 29 heavy (non-hydrogen) atoms. The molecule has 0 fully saturated rings. The Morgan fingerprint density at radius 3 is 2.52 bits per heavy atom. The van der Waals surface area contributed by atoms with Gasteiger partial charge in [0.2, 0.25) is 0 Å². The lowest BCUT2D eigenvalue weighted by molar-refractivity contribution is -0.138. The number of benzene rings is 2. The Labute approximate surface area is 179 Å². The third-order valence-electron chi connectivity index (χ3n) is 4.26. The Kier molecular flexibility index (Phi) is 6.71. The summed E-state index contributed by atoms with van der Waals surface area (Å²) < 4.78 is 5.28. The highest BCUT2D eigenvalue weighted by Crippen LogP contribution is 2.42. The minimum Gasteiger partial charge on any atom is -0.460 e. The molecule has 3 aromatic rings. The average Bonchev–Trinajstić information content (AvgIpc) is 3.15. The molecule has 3 rings (SSSR count). The predicted octanol–water partition coefficient (Wildman–Crippen LogP) is 6.20. The number of nitrogens with zero attached hydrogens (tertiary/aromatic N) is 2. The van der Waals surface area contributed by atoms with Crippen LogP contribution in [0, 0.1) is 11.3 Å². The Morgan fingerprint density at radius 2 is 1.86 bits per heavy atom. The summed E-state index contributed by atoms with van der Waals surface area (Å²) in [5, 5.41) is 13.2. The molecule has 0 aliphatic heterocycles. The van der Waals surface area contributed by atoms with Crippen LogP contribution in [0.15, 0.2) is 72.1 Å². The molecule has 146 valence electrons. The summed E-state index contributed by atoms with van der Waals surface area (Å²) in [4.78, 5) is 13.7. The number of para-hydroxylation sites is 1. The van der Waals surface area contributed by atoms with E-state index in [0.29, 0.717) is 22.7 Å². The second kappa shape index (κ2) is 9.42. The Bertz CT molecular complexity index is 1070. The summed E-state index contributed by atoms with van der Waals surface area (Å²) in [7, 11) is 0. The SMILES string of the molecule is C=C(C)C(=O)OCCN(c1ccccc1)c1scc(-c2ccccc2Cl)c1C#N. The van der Waals surface area contributed by atoms with Crippen molar-refractivity contribution in [3.63, 3.8) is 0 Å². The quantitative estimate of drug-likeness (QED) is 0.336. The van der Waals surface area contributed by atoms with E-state index < -0.39 is 5.97 Å². The molecular formula is C23H19ClN2O2S. The molecule has 0 unspecified atom stereocenters. The second-order valence-corrected chi connectivity index (χ2v) is 7.59. The highest BCUT2D eigenvalue weighted by molar-refractivity contribution is 7.15. The maximum absolute atomic E-state index is 11.7. The Morgan fingerprint density at radius 1 is 1.17 bits per heavy atom. The van der Waals surface area contributed by atoms with Gasteiger partial charge in [0.25, 0.3) is 0 Å². The van der Waals surface area contributed by atoms with Crippen LogP contribution in [-0.4, -0.2) is 19.1 Å². The van der Waals surface area contributed by atoms with Gasteiger partial charge in [0.15, 0.2) is 0 Å². The van der Waals surface area contributed by atoms with E-state index in [1.54, 1.807) is 13.0 Å². The van der Waals surface area contributed by atoms with Crippen LogP contribution in [0.2, 0.25) is 5.02 Å². The lowest BCUT2D eigenvalue weighted by Gasteiger charge is -2.24. The molecule has 0 amide bonds. The van der Waals surface area contributed by atoms with Gasteiger partial charge in [0.05, 0.1) is 12.1 Å². The van der Waals surface area contributed by atoms with E-state index in [1.165, 1.54) is 11.3 Å². The normalized spacial score (nSPS) is 10.2. The number of halogens is 1. The van der Waals surface area contributed by atoms with Crippen molar-refractivity contribution in [1.29, 1.82) is 5.26 Å². The summed E-state index contributed by atoms with van der Waals surface area (Å²) in [5.41, 5.74) is 3.40. The van der Waals surface area contributed by atoms with Gasteiger partial charge in [-0.05, 0) is 25.1 Å². The van der Waals surface area contributed by atoms with Gasteiger partial charge in [0.1, 0.15) is 17.7 Å². The zero-order valence-corrected chi connectivity index (χ0v) is 17.5. The van der Waals surface area contributed by atoms with Crippen molar-refractivity contribution in [2.45, 2.75) is 6.92 Å². The predicted molar refractivity (Wildman–Crippen MR) is 119 cm³/mol. The summed E-state index contributed by atoms with van der Waals surface area (Å²) >= 11 is 7.82. The van der Waals surface area contributed by atoms with Crippen molar-refractivity contribution in [3.8, 4) is 17.2 Å². The van der Waals surface area contributed by atoms with E-state index in [0.717, 1.165) is 21.8 Å². The molecule has 0 aliphatic carbocycles. The molecule has 0 spiro atoms. The Balaban J connectivity index is 1.98. The van der Waals surface area contributed by atoms with Crippen molar-refractivity contribution in [2.75, 3.05) is 18.1 Å². The lowest BCUT2D eigenvalue weighted by atomic mass is 10.0. The molecule has 0 atom stereocenters. The fourth-order valence-electron chi connectivity index (χ4n) is 2.84. The number of nitriles is 1. The molecule has 4 nitrogen and oxygen atoms in total. The van der Waals surface area contributed by atoms with Crippen molar-refractivity contribution in [1.82, 2.24) is 0 Å². The van der Waals surface area contributed by atoms with E-state index in [2.05, 4.69) is 12.6 Å². The minimum atomic E-state index is -0.429. The van der Waals surface area contributed by atoms with Gasteiger partial charge in [-0.25, -0.2) is 4.79 Å². The van der Waals surface area contributed by atoms with Gasteiger partial charge in [-0.15, -0.1) is 11.3 Å². The van der Waals surface area contributed by atoms with Gasteiger partial charge in [-0.2, -0.15) is 5.26 Å². The third kappa shape index (κ3) is 4.68. The number of carbonyl (C=O) groups excluding carboxylic acids is 1. The topological polar surface area (TPSA) is 53.3 Å². The van der Waals surface area contributed by atoms with Crippen LogP contribution in [0.4, 0.5) is 10.7 Å². The lowest BCUT2D eigenvalue weighted by Crippen LogP contribution is -2.23. The number of hydrogen-bond donors (Lipinski definition) is 0. The first kappa shape index (κ1) is 20.7.